The summed E-state index contributed by atoms with van der Waals surface area (Å²) in [5.74, 6) is -2.23. The molecule has 108 valence electrons. The van der Waals surface area contributed by atoms with Gasteiger partial charge in [-0.15, -0.1) is 0 Å². The minimum atomic E-state index is -1.35. The molecule has 1 unspecified atom stereocenters. The smallest absolute Gasteiger partial charge is 0.337 e. The highest BCUT2D eigenvalue weighted by Gasteiger charge is 2.33. The van der Waals surface area contributed by atoms with Gasteiger partial charge >= 0.3 is 11.9 Å². The lowest BCUT2D eigenvalue weighted by Crippen LogP contribution is -2.51. The molecule has 1 aromatic carbocycles. The van der Waals surface area contributed by atoms with E-state index in [9.17, 15) is 14.4 Å². The van der Waals surface area contributed by atoms with E-state index in [1.165, 1.54) is 38.3 Å². The van der Waals surface area contributed by atoms with E-state index in [2.05, 4.69) is 10.1 Å². The number of carboxylic acids is 1. The van der Waals surface area contributed by atoms with Gasteiger partial charge in [-0.1, -0.05) is 13.0 Å². The first-order valence-corrected chi connectivity index (χ1v) is 6.08. The number of hydrogen-bond donors (Lipinski definition) is 2. The van der Waals surface area contributed by atoms with E-state index in [1.807, 2.05) is 0 Å². The molecule has 1 atom stereocenters. The van der Waals surface area contributed by atoms with E-state index in [4.69, 9.17) is 5.11 Å². The highest BCUT2D eigenvalue weighted by Crippen LogP contribution is 2.12. The number of rotatable bonds is 5. The van der Waals surface area contributed by atoms with Crippen LogP contribution in [0.4, 0.5) is 0 Å². The van der Waals surface area contributed by atoms with Crippen LogP contribution in [-0.2, 0) is 9.53 Å². The maximum Gasteiger partial charge on any atom is 0.337 e. The summed E-state index contributed by atoms with van der Waals surface area (Å²) in [6.45, 7) is 3.09. The molecule has 2 N–H and O–H groups in total. The predicted octanol–water partition coefficient (Wildman–Crippen LogP) is 1.46. The highest BCUT2D eigenvalue weighted by atomic mass is 16.5. The molecule has 0 spiro atoms. The second kappa shape index (κ2) is 6.18. The molecular weight excluding hydrogens is 262 g/mol. The van der Waals surface area contributed by atoms with E-state index >= 15 is 0 Å². The number of hydrogen-bond acceptors (Lipinski definition) is 4. The van der Waals surface area contributed by atoms with Gasteiger partial charge in [-0.3, -0.25) is 4.79 Å². The van der Waals surface area contributed by atoms with Gasteiger partial charge in [-0.05, 0) is 31.5 Å². The molecule has 0 fully saturated rings. The second-order valence-electron chi connectivity index (χ2n) is 4.52. The van der Waals surface area contributed by atoms with Crippen molar-refractivity contribution in [3.63, 3.8) is 0 Å². The molecule has 0 aromatic heterocycles. The maximum atomic E-state index is 12.1. The number of carbonyl (C=O) groups is 3. The first-order chi connectivity index (χ1) is 9.34. The maximum absolute atomic E-state index is 12.1. The van der Waals surface area contributed by atoms with Crippen LogP contribution in [0.1, 0.15) is 41.0 Å². The number of amides is 1. The van der Waals surface area contributed by atoms with Crippen LogP contribution in [0.25, 0.3) is 0 Å². The minimum absolute atomic E-state index is 0.203. The zero-order valence-corrected chi connectivity index (χ0v) is 11.6. The lowest BCUT2D eigenvalue weighted by molar-refractivity contribution is -0.143. The van der Waals surface area contributed by atoms with Gasteiger partial charge in [0.2, 0.25) is 0 Å². The fourth-order valence-electron chi connectivity index (χ4n) is 1.52. The summed E-state index contributed by atoms with van der Waals surface area (Å²) in [5.41, 5.74) is -0.916. The van der Waals surface area contributed by atoms with Crippen LogP contribution < -0.4 is 5.32 Å². The molecule has 6 heteroatoms. The van der Waals surface area contributed by atoms with Crippen LogP contribution in [0.15, 0.2) is 24.3 Å². The van der Waals surface area contributed by atoms with Crippen LogP contribution >= 0.6 is 0 Å². The predicted molar refractivity (Wildman–Crippen MR) is 71.6 cm³/mol. The Kier molecular flexibility index (Phi) is 4.85. The average molecular weight is 279 g/mol. The zero-order valence-electron chi connectivity index (χ0n) is 11.6. The largest absolute Gasteiger partial charge is 0.480 e. The lowest BCUT2D eigenvalue weighted by Gasteiger charge is -2.24. The second-order valence-corrected chi connectivity index (χ2v) is 4.52. The van der Waals surface area contributed by atoms with Crippen molar-refractivity contribution in [3.05, 3.63) is 35.4 Å². The van der Waals surface area contributed by atoms with Crippen molar-refractivity contribution in [3.8, 4) is 0 Å². The van der Waals surface area contributed by atoms with Gasteiger partial charge in [0, 0.05) is 5.56 Å². The summed E-state index contributed by atoms with van der Waals surface area (Å²) in [6, 6.07) is 5.91. The van der Waals surface area contributed by atoms with Gasteiger partial charge in [0.05, 0.1) is 12.7 Å². The molecular formula is C14H17NO5. The Morgan fingerprint density at radius 2 is 1.90 bits per heavy atom. The van der Waals surface area contributed by atoms with Crippen molar-refractivity contribution < 1.29 is 24.2 Å². The Bertz CT molecular complexity index is 540. The van der Waals surface area contributed by atoms with E-state index in [0.29, 0.717) is 0 Å². The summed E-state index contributed by atoms with van der Waals surface area (Å²) >= 11 is 0. The number of aliphatic carboxylic acids is 1. The topological polar surface area (TPSA) is 92.7 Å². The van der Waals surface area contributed by atoms with Gasteiger partial charge in [-0.25, -0.2) is 9.59 Å². The fourth-order valence-corrected chi connectivity index (χ4v) is 1.52. The number of methoxy groups -OCH3 is 1. The van der Waals surface area contributed by atoms with Crippen LogP contribution in [0.3, 0.4) is 0 Å². The van der Waals surface area contributed by atoms with Crippen molar-refractivity contribution >= 4 is 17.8 Å². The Balaban J connectivity index is 2.98. The van der Waals surface area contributed by atoms with Crippen LogP contribution in [0, 0.1) is 0 Å². The van der Waals surface area contributed by atoms with E-state index in [-0.39, 0.29) is 17.5 Å². The molecule has 0 aliphatic rings. The Morgan fingerprint density at radius 1 is 1.30 bits per heavy atom. The molecule has 0 heterocycles. The normalized spacial score (nSPS) is 13.2. The highest BCUT2D eigenvalue weighted by molar-refractivity contribution is 6.00. The quantitative estimate of drug-likeness (QED) is 0.796. The summed E-state index contributed by atoms with van der Waals surface area (Å²) in [5, 5.41) is 11.6. The van der Waals surface area contributed by atoms with Crippen LogP contribution in [-0.4, -0.2) is 35.6 Å². The Labute approximate surface area is 116 Å². The van der Waals surface area contributed by atoms with Crippen molar-refractivity contribution in [2.45, 2.75) is 25.8 Å². The third kappa shape index (κ3) is 3.34. The number of carboxylic acid groups (broad SMARTS) is 1. The van der Waals surface area contributed by atoms with Gasteiger partial charge in [0.25, 0.3) is 5.91 Å². The number of nitrogens with one attached hydrogen (secondary N) is 1. The minimum Gasteiger partial charge on any atom is -0.480 e. The molecule has 0 saturated carbocycles. The molecule has 0 radical (unpaired) electrons. The Hall–Kier alpha value is -2.37. The van der Waals surface area contributed by atoms with E-state index < -0.39 is 23.4 Å². The average Bonchev–Trinajstić information content (AvgIpc) is 2.46. The van der Waals surface area contributed by atoms with E-state index in [0.717, 1.165) is 0 Å². The summed E-state index contributed by atoms with van der Waals surface area (Å²) in [4.78, 5) is 34.6. The summed E-state index contributed by atoms with van der Waals surface area (Å²) < 4.78 is 4.57. The van der Waals surface area contributed by atoms with Crippen molar-refractivity contribution in [1.29, 1.82) is 0 Å². The first kappa shape index (κ1) is 15.7. The lowest BCUT2D eigenvalue weighted by atomic mass is 9.98. The number of esters is 1. The standard InChI is InChI=1S/C14H17NO5/c1-4-14(2,13(18)19)15-11(16)9-6-5-7-10(8-9)12(17)20-3/h5-8H,4H2,1-3H3,(H,15,16)(H,18,19). The van der Waals surface area contributed by atoms with Crippen molar-refractivity contribution in [2.75, 3.05) is 7.11 Å². The third-order valence-electron chi connectivity index (χ3n) is 3.11. The van der Waals surface area contributed by atoms with Crippen molar-refractivity contribution in [1.82, 2.24) is 5.32 Å². The molecule has 0 bridgehead atoms. The molecule has 1 rings (SSSR count). The molecule has 1 aromatic rings. The fraction of sp³-hybridized carbons (Fsp3) is 0.357. The van der Waals surface area contributed by atoms with Crippen LogP contribution in [0.5, 0.6) is 0 Å². The number of carbonyl (C=O) groups excluding carboxylic acids is 2. The molecule has 20 heavy (non-hydrogen) atoms. The molecule has 0 saturated heterocycles. The number of benzene rings is 1. The monoisotopic (exact) mass is 279 g/mol. The molecule has 1 amide bonds. The van der Waals surface area contributed by atoms with E-state index in [1.54, 1.807) is 6.92 Å². The van der Waals surface area contributed by atoms with Crippen molar-refractivity contribution in [2.24, 2.45) is 0 Å². The number of ether oxygens (including phenoxy) is 1. The first-order valence-electron chi connectivity index (χ1n) is 6.08. The molecule has 0 aliphatic carbocycles. The van der Waals surface area contributed by atoms with Gasteiger partial charge in [-0.2, -0.15) is 0 Å². The zero-order chi connectivity index (χ0) is 15.3. The SMILES string of the molecule is CCC(C)(NC(=O)c1cccc(C(=O)OC)c1)C(=O)O. The third-order valence-corrected chi connectivity index (χ3v) is 3.11. The molecule has 0 aliphatic heterocycles. The molecule has 6 nitrogen and oxygen atoms in total. The van der Waals surface area contributed by atoms with Gasteiger partial charge in [0.1, 0.15) is 5.54 Å². The van der Waals surface area contributed by atoms with Gasteiger partial charge in [0.15, 0.2) is 0 Å². The van der Waals surface area contributed by atoms with Gasteiger partial charge < -0.3 is 15.2 Å². The summed E-state index contributed by atoms with van der Waals surface area (Å²) in [7, 11) is 1.24. The Morgan fingerprint density at radius 3 is 2.40 bits per heavy atom. The summed E-state index contributed by atoms with van der Waals surface area (Å²) in [6.07, 6.45) is 0.241. The van der Waals surface area contributed by atoms with Crippen LogP contribution in [0.2, 0.25) is 0 Å².